The lowest BCUT2D eigenvalue weighted by Gasteiger charge is -2.14. The van der Waals surface area contributed by atoms with Crippen LogP contribution in [0.3, 0.4) is 0 Å². The highest BCUT2D eigenvalue weighted by Crippen LogP contribution is 2.28. The van der Waals surface area contributed by atoms with Gasteiger partial charge in [0.05, 0.1) is 4.92 Å². The molecule has 0 saturated carbocycles. The fourth-order valence-electron chi connectivity index (χ4n) is 2.58. The summed E-state index contributed by atoms with van der Waals surface area (Å²) in [6, 6.07) is 13.7. The van der Waals surface area contributed by atoms with E-state index in [2.05, 4.69) is 36.5 Å². The van der Waals surface area contributed by atoms with Crippen LogP contribution < -0.4 is 10.2 Å². The molecule has 2 aromatic carbocycles. The van der Waals surface area contributed by atoms with Crippen molar-refractivity contribution in [3.05, 3.63) is 63.7 Å². The topological polar surface area (TPSA) is 58.4 Å². The largest absolute Gasteiger partial charge is 0.381 e. The zero-order chi connectivity index (χ0) is 17.5. The molecule has 0 unspecified atom stereocenters. The molecule has 5 heteroatoms. The van der Waals surface area contributed by atoms with Gasteiger partial charge in [-0.15, -0.1) is 0 Å². The van der Waals surface area contributed by atoms with E-state index in [1.165, 1.54) is 18.4 Å². The van der Waals surface area contributed by atoms with Crippen LogP contribution in [0.25, 0.3) is 0 Å². The molecule has 0 atom stereocenters. The number of nitro benzene ring substituents is 1. The Hall–Kier alpha value is -2.56. The number of nitrogens with one attached hydrogen (secondary N) is 1. The Bertz CT molecular complexity index is 682. The molecule has 0 heterocycles. The minimum Gasteiger partial charge on any atom is -0.381 e. The summed E-state index contributed by atoms with van der Waals surface area (Å²) in [5.41, 5.74) is 4.00. The van der Waals surface area contributed by atoms with Crippen LogP contribution in [-0.2, 0) is 13.0 Å². The van der Waals surface area contributed by atoms with Crippen molar-refractivity contribution in [1.82, 2.24) is 0 Å². The first-order chi connectivity index (χ1) is 11.5. The van der Waals surface area contributed by atoms with E-state index in [4.69, 9.17) is 0 Å². The summed E-state index contributed by atoms with van der Waals surface area (Å²) in [4.78, 5) is 12.7. The Balaban J connectivity index is 2.03. The molecule has 0 aromatic heterocycles. The van der Waals surface area contributed by atoms with Gasteiger partial charge in [0.15, 0.2) is 0 Å². The molecule has 5 nitrogen and oxygen atoms in total. The third kappa shape index (κ3) is 4.72. The molecule has 1 N–H and O–H groups in total. The van der Waals surface area contributed by atoms with Crippen molar-refractivity contribution < 1.29 is 4.92 Å². The Morgan fingerprint density at radius 1 is 1.08 bits per heavy atom. The molecule has 24 heavy (non-hydrogen) atoms. The smallest absolute Gasteiger partial charge is 0.292 e. The number of aryl methyl sites for hydroxylation is 1. The van der Waals surface area contributed by atoms with Gasteiger partial charge in [-0.05, 0) is 42.2 Å². The van der Waals surface area contributed by atoms with Crippen molar-refractivity contribution in [2.45, 2.75) is 32.7 Å². The van der Waals surface area contributed by atoms with Gasteiger partial charge in [0.25, 0.3) is 5.69 Å². The van der Waals surface area contributed by atoms with E-state index in [0.29, 0.717) is 12.2 Å². The highest BCUT2D eigenvalue weighted by molar-refractivity contribution is 5.63. The van der Waals surface area contributed by atoms with Crippen molar-refractivity contribution in [2.75, 3.05) is 24.3 Å². The SMILES string of the molecule is CCCCc1ccc(NCc2ccc(N(C)C)c([N+](=O)[O-])c2)cc1. The van der Waals surface area contributed by atoms with Crippen LogP contribution >= 0.6 is 0 Å². The molecule has 0 saturated heterocycles. The Kier molecular flexibility index (Phi) is 6.18. The maximum Gasteiger partial charge on any atom is 0.292 e. The second-order valence-corrected chi connectivity index (χ2v) is 6.13. The van der Waals surface area contributed by atoms with E-state index >= 15 is 0 Å². The van der Waals surface area contributed by atoms with Crippen molar-refractivity contribution in [3.63, 3.8) is 0 Å². The summed E-state index contributed by atoms with van der Waals surface area (Å²) in [5, 5.41) is 14.6. The number of hydrogen-bond acceptors (Lipinski definition) is 4. The van der Waals surface area contributed by atoms with Crippen LogP contribution in [0.15, 0.2) is 42.5 Å². The van der Waals surface area contributed by atoms with Crippen LogP contribution in [0.4, 0.5) is 17.1 Å². The lowest BCUT2D eigenvalue weighted by Crippen LogP contribution is -2.11. The third-order valence-corrected chi connectivity index (χ3v) is 3.99. The molecule has 128 valence electrons. The van der Waals surface area contributed by atoms with Gasteiger partial charge >= 0.3 is 0 Å². The molecular weight excluding hydrogens is 302 g/mol. The predicted octanol–water partition coefficient (Wildman–Crippen LogP) is 4.62. The van der Waals surface area contributed by atoms with E-state index in [0.717, 1.165) is 17.7 Å². The number of nitro groups is 1. The number of unbranched alkanes of at least 4 members (excludes halogenated alkanes) is 1. The fraction of sp³-hybridized carbons (Fsp3) is 0.368. The molecule has 0 spiro atoms. The quantitative estimate of drug-likeness (QED) is 0.568. The van der Waals surface area contributed by atoms with Crippen LogP contribution in [0.1, 0.15) is 30.9 Å². The molecule has 2 rings (SSSR count). The van der Waals surface area contributed by atoms with Gasteiger partial charge in [0, 0.05) is 32.4 Å². The molecule has 0 bridgehead atoms. The van der Waals surface area contributed by atoms with E-state index < -0.39 is 0 Å². The van der Waals surface area contributed by atoms with Crippen molar-refractivity contribution in [3.8, 4) is 0 Å². The molecule has 0 aliphatic rings. The van der Waals surface area contributed by atoms with Crippen molar-refractivity contribution in [2.24, 2.45) is 0 Å². The lowest BCUT2D eigenvalue weighted by atomic mass is 10.1. The summed E-state index contributed by atoms with van der Waals surface area (Å²) in [6.07, 6.45) is 3.51. The maximum absolute atomic E-state index is 11.2. The summed E-state index contributed by atoms with van der Waals surface area (Å²) < 4.78 is 0. The van der Waals surface area contributed by atoms with E-state index in [-0.39, 0.29) is 10.6 Å². The van der Waals surface area contributed by atoms with E-state index in [9.17, 15) is 10.1 Å². The first-order valence-corrected chi connectivity index (χ1v) is 8.28. The van der Waals surface area contributed by atoms with Gasteiger partial charge in [-0.3, -0.25) is 10.1 Å². The number of nitrogens with zero attached hydrogens (tertiary/aromatic N) is 2. The summed E-state index contributed by atoms with van der Waals surface area (Å²) in [6.45, 7) is 2.75. The van der Waals surface area contributed by atoms with E-state index in [1.54, 1.807) is 31.1 Å². The van der Waals surface area contributed by atoms with Crippen LogP contribution in [0.5, 0.6) is 0 Å². The molecule has 0 aliphatic carbocycles. The lowest BCUT2D eigenvalue weighted by molar-refractivity contribution is -0.384. The summed E-state index contributed by atoms with van der Waals surface area (Å²) in [7, 11) is 3.61. The molecule has 2 aromatic rings. The highest BCUT2D eigenvalue weighted by atomic mass is 16.6. The second kappa shape index (κ2) is 8.34. The third-order valence-electron chi connectivity index (χ3n) is 3.99. The Morgan fingerprint density at radius 2 is 1.75 bits per heavy atom. The average Bonchev–Trinajstić information content (AvgIpc) is 2.58. The molecule has 0 fully saturated rings. The van der Waals surface area contributed by atoms with Crippen molar-refractivity contribution >= 4 is 17.1 Å². The van der Waals surface area contributed by atoms with Crippen LogP contribution in [0.2, 0.25) is 0 Å². The molecule has 0 radical (unpaired) electrons. The Morgan fingerprint density at radius 3 is 2.33 bits per heavy atom. The van der Waals surface area contributed by atoms with Crippen LogP contribution in [0, 0.1) is 10.1 Å². The van der Waals surface area contributed by atoms with Gasteiger partial charge < -0.3 is 10.2 Å². The second-order valence-electron chi connectivity index (χ2n) is 6.13. The minimum atomic E-state index is -0.332. The number of rotatable bonds is 8. The summed E-state index contributed by atoms with van der Waals surface area (Å²) >= 11 is 0. The molecule has 0 amide bonds. The maximum atomic E-state index is 11.2. The predicted molar refractivity (Wildman–Crippen MR) is 99.8 cm³/mol. The van der Waals surface area contributed by atoms with Crippen molar-refractivity contribution in [1.29, 1.82) is 0 Å². The minimum absolute atomic E-state index is 0.134. The normalized spacial score (nSPS) is 10.5. The first kappa shape index (κ1) is 17.8. The number of benzene rings is 2. The highest BCUT2D eigenvalue weighted by Gasteiger charge is 2.15. The van der Waals surface area contributed by atoms with E-state index in [1.807, 2.05) is 6.07 Å². The zero-order valence-corrected chi connectivity index (χ0v) is 14.6. The van der Waals surface area contributed by atoms with Gasteiger partial charge in [-0.2, -0.15) is 0 Å². The zero-order valence-electron chi connectivity index (χ0n) is 14.6. The molecule has 0 aliphatic heterocycles. The van der Waals surface area contributed by atoms with Gasteiger partial charge in [0.1, 0.15) is 5.69 Å². The van der Waals surface area contributed by atoms with Crippen LogP contribution in [-0.4, -0.2) is 19.0 Å². The van der Waals surface area contributed by atoms with Gasteiger partial charge in [-0.25, -0.2) is 0 Å². The summed E-state index contributed by atoms with van der Waals surface area (Å²) in [5.74, 6) is 0. The number of anilines is 2. The Labute approximate surface area is 143 Å². The van der Waals surface area contributed by atoms with Gasteiger partial charge in [-0.1, -0.05) is 31.5 Å². The average molecular weight is 327 g/mol. The first-order valence-electron chi connectivity index (χ1n) is 8.28. The fourth-order valence-corrected chi connectivity index (χ4v) is 2.58. The monoisotopic (exact) mass is 327 g/mol. The molecular formula is C19H25N3O2. The number of hydrogen-bond donors (Lipinski definition) is 1. The van der Waals surface area contributed by atoms with Gasteiger partial charge in [0.2, 0.25) is 0 Å². The standard InChI is InChI=1S/C19H25N3O2/c1-4-5-6-15-7-10-17(11-8-15)20-14-16-9-12-18(21(2)3)19(13-16)22(23)24/h7-13,20H,4-6,14H2,1-3H3.